The van der Waals surface area contributed by atoms with Crippen LogP contribution in [0.2, 0.25) is 5.02 Å². The summed E-state index contributed by atoms with van der Waals surface area (Å²) in [7, 11) is 1.25. The molecule has 222 valence electrons. The van der Waals surface area contributed by atoms with E-state index in [4.69, 9.17) is 20.8 Å². The van der Waals surface area contributed by atoms with E-state index in [-0.39, 0.29) is 29.4 Å². The van der Waals surface area contributed by atoms with Crippen molar-refractivity contribution < 1.29 is 32.6 Å². The standard InChI is InChI=1S/C29H29ClF2N4O5S/c1-29(2,28(38)39)12-16-13-41-25(34-16)15-6-4-14(5-7-15)22-19(27(37)40-3)23(17-8-9-18(31)21(32)20(17)30)36-24(35-22)26-33-10-11-42-26/h8-11,13-15,23H,4-7,12H2,1-3H3,(H,35,36)(H,38,39). The zero-order valence-electron chi connectivity index (χ0n) is 23.1. The fourth-order valence-corrected chi connectivity index (χ4v) is 6.24. The number of carbonyl (C=O) groups is 2. The van der Waals surface area contributed by atoms with E-state index in [1.54, 1.807) is 25.4 Å². The number of carboxylic acid groups (broad SMARTS) is 1. The predicted molar refractivity (Wildman–Crippen MR) is 151 cm³/mol. The molecular weight excluding hydrogens is 590 g/mol. The molecule has 42 heavy (non-hydrogen) atoms. The highest BCUT2D eigenvalue weighted by atomic mass is 35.5. The quantitative estimate of drug-likeness (QED) is 0.225. The number of amidine groups is 1. The van der Waals surface area contributed by atoms with Gasteiger partial charge < -0.3 is 19.6 Å². The molecule has 1 saturated carbocycles. The van der Waals surface area contributed by atoms with Gasteiger partial charge in [-0.25, -0.2) is 23.5 Å². The van der Waals surface area contributed by atoms with Crippen LogP contribution < -0.4 is 5.32 Å². The van der Waals surface area contributed by atoms with Gasteiger partial charge in [0.05, 0.1) is 28.8 Å². The topological polar surface area (TPSA) is 127 Å². The van der Waals surface area contributed by atoms with Crippen molar-refractivity contribution in [3.63, 3.8) is 0 Å². The number of carbonyl (C=O) groups excluding carboxylic acids is 1. The maximum absolute atomic E-state index is 14.6. The molecule has 0 saturated heterocycles. The van der Waals surface area contributed by atoms with Crippen molar-refractivity contribution >= 4 is 40.7 Å². The van der Waals surface area contributed by atoms with Crippen molar-refractivity contribution in [2.45, 2.75) is 57.9 Å². The van der Waals surface area contributed by atoms with Crippen LogP contribution in [0.3, 0.4) is 0 Å². The molecule has 1 unspecified atom stereocenters. The second-order valence-corrected chi connectivity index (χ2v) is 12.3. The summed E-state index contributed by atoms with van der Waals surface area (Å²) in [5, 5.41) is 14.6. The fraction of sp³-hybridized carbons (Fsp3) is 0.414. The molecule has 2 aliphatic rings. The number of benzene rings is 1. The van der Waals surface area contributed by atoms with E-state index < -0.39 is 40.1 Å². The minimum absolute atomic E-state index is 0.0113. The lowest BCUT2D eigenvalue weighted by Crippen LogP contribution is -2.37. The Kier molecular flexibility index (Phi) is 8.47. The lowest BCUT2D eigenvalue weighted by molar-refractivity contribution is -0.146. The van der Waals surface area contributed by atoms with Gasteiger partial charge in [-0.2, -0.15) is 0 Å². The maximum Gasteiger partial charge on any atom is 0.338 e. The number of hydrogen-bond acceptors (Lipinski definition) is 9. The highest BCUT2D eigenvalue weighted by Gasteiger charge is 2.39. The summed E-state index contributed by atoms with van der Waals surface area (Å²) in [4.78, 5) is 38.4. The first-order valence-corrected chi connectivity index (χ1v) is 14.6. The first-order valence-electron chi connectivity index (χ1n) is 13.4. The van der Waals surface area contributed by atoms with Gasteiger partial charge in [-0.3, -0.25) is 9.79 Å². The van der Waals surface area contributed by atoms with Crippen molar-refractivity contribution in [2.75, 3.05) is 7.11 Å². The monoisotopic (exact) mass is 618 g/mol. The minimum atomic E-state index is -1.22. The number of hydrogen-bond donors (Lipinski definition) is 2. The molecule has 0 spiro atoms. The van der Waals surface area contributed by atoms with Gasteiger partial charge in [0.25, 0.3) is 0 Å². The van der Waals surface area contributed by atoms with Crippen LogP contribution in [0, 0.1) is 23.0 Å². The summed E-state index contributed by atoms with van der Waals surface area (Å²) in [5.41, 5.74) is 0.485. The van der Waals surface area contributed by atoms with Crippen LogP contribution in [0.4, 0.5) is 8.78 Å². The van der Waals surface area contributed by atoms with E-state index in [0.717, 1.165) is 6.07 Å². The number of halogens is 3. The molecule has 2 N–H and O–H groups in total. The van der Waals surface area contributed by atoms with Gasteiger partial charge in [-0.05, 0) is 51.5 Å². The molecule has 3 heterocycles. The van der Waals surface area contributed by atoms with E-state index in [9.17, 15) is 23.5 Å². The van der Waals surface area contributed by atoms with E-state index >= 15 is 0 Å². The van der Waals surface area contributed by atoms with E-state index in [1.807, 2.05) is 0 Å². The Morgan fingerprint density at radius 2 is 1.93 bits per heavy atom. The van der Waals surface area contributed by atoms with Gasteiger partial charge in [0.15, 0.2) is 28.4 Å². The Morgan fingerprint density at radius 1 is 1.21 bits per heavy atom. The number of ether oxygens (including phenoxy) is 1. The van der Waals surface area contributed by atoms with Gasteiger partial charge in [-0.1, -0.05) is 17.7 Å². The second-order valence-electron chi connectivity index (χ2n) is 11.0. The first-order chi connectivity index (χ1) is 20.0. The highest BCUT2D eigenvalue weighted by molar-refractivity contribution is 7.11. The molecule has 0 bridgehead atoms. The summed E-state index contributed by atoms with van der Waals surface area (Å²) >= 11 is 7.59. The normalized spacial score (nSPS) is 21.1. The molecule has 9 nitrogen and oxygen atoms in total. The Labute approximate surface area is 249 Å². The Hall–Kier alpha value is -3.64. The third-order valence-corrected chi connectivity index (χ3v) is 8.89. The van der Waals surface area contributed by atoms with Crippen LogP contribution in [0.1, 0.15) is 73.6 Å². The van der Waals surface area contributed by atoms with Crippen LogP contribution in [0.5, 0.6) is 0 Å². The zero-order chi connectivity index (χ0) is 30.2. The molecule has 1 atom stereocenters. The van der Waals surface area contributed by atoms with E-state index in [0.29, 0.717) is 53.8 Å². The highest BCUT2D eigenvalue weighted by Crippen LogP contribution is 2.44. The van der Waals surface area contributed by atoms with Crippen molar-refractivity contribution in [3.05, 3.63) is 80.1 Å². The number of carboxylic acids is 1. The minimum Gasteiger partial charge on any atom is -0.481 e. The number of nitrogens with one attached hydrogen (secondary N) is 1. The number of aliphatic imine (C=N–C) groups is 1. The van der Waals surface area contributed by atoms with Gasteiger partial charge in [-0.15, -0.1) is 11.3 Å². The van der Waals surface area contributed by atoms with Crippen molar-refractivity contribution in [1.29, 1.82) is 0 Å². The number of methoxy groups -OCH3 is 1. The third kappa shape index (κ3) is 5.82. The molecule has 13 heteroatoms. The zero-order valence-corrected chi connectivity index (χ0v) is 24.7. The fourth-order valence-electron chi connectivity index (χ4n) is 5.40. The van der Waals surface area contributed by atoms with Gasteiger partial charge in [0.1, 0.15) is 12.3 Å². The van der Waals surface area contributed by atoms with Crippen LogP contribution in [-0.4, -0.2) is 40.0 Å². The van der Waals surface area contributed by atoms with Crippen LogP contribution in [-0.2, 0) is 20.7 Å². The van der Waals surface area contributed by atoms with Gasteiger partial charge in [0.2, 0.25) is 0 Å². The van der Waals surface area contributed by atoms with E-state index in [2.05, 4.69) is 20.3 Å². The molecule has 1 aromatic carbocycles. The predicted octanol–water partition coefficient (Wildman–Crippen LogP) is 6.21. The lowest BCUT2D eigenvalue weighted by atomic mass is 9.78. The molecule has 3 aromatic rings. The molecule has 0 amide bonds. The average molecular weight is 619 g/mol. The summed E-state index contributed by atoms with van der Waals surface area (Å²) in [6.07, 6.45) is 6.05. The lowest BCUT2D eigenvalue weighted by Gasteiger charge is -2.34. The summed E-state index contributed by atoms with van der Waals surface area (Å²) in [5.74, 6) is -3.08. The summed E-state index contributed by atoms with van der Waals surface area (Å²) in [6, 6.07) is 1.22. The number of allylic oxidation sites excluding steroid dienone is 1. The molecule has 0 radical (unpaired) electrons. The molecule has 1 aliphatic carbocycles. The smallest absolute Gasteiger partial charge is 0.338 e. The molecule has 2 aromatic heterocycles. The number of esters is 1. The summed E-state index contributed by atoms with van der Waals surface area (Å²) in [6.45, 7) is 3.28. The van der Waals surface area contributed by atoms with Crippen LogP contribution >= 0.6 is 22.9 Å². The Morgan fingerprint density at radius 3 is 2.57 bits per heavy atom. The van der Waals surface area contributed by atoms with Crippen LogP contribution in [0.25, 0.3) is 0 Å². The number of oxazole rings is 1. The van der Waals surface area contributed by atoms with Crippen molar-refractivity contribution in [3.8, 4) is 0 Å². The number of rotatable bonds is 8. The number of thiazole rings is 1. The number of aliphatic carboxylic acids is 1. The average Bonchev–Trinajstić information content (AvgIpc) is 3.68. The van der Waals surface area contributed by atoms with E-state index in [1.165, 1.54) is 30.8 Å². The third-order valence-electron chi connectivity index (χ3n) is 7.73. The van der Waals surface area contributed by atoms with Crippen molar-refractivity contribution in [1.82, 2.24) is 15.3 Å². The number of aromatic nitrogens is 2. The molecular formula is C29H29ClF2N4O5S. The Balaban J connectivity index is 1.45. The van der Waals surface area contributed by atoms with Gasteiger partial charge in [0, 0.05) is 35.2 Å². The Bertz CT molecular complexity index is 1560. The van der Waals surface area contributed by atoms with Crippen LogP contribution in [0.15, 0.2) is 50.7 Å². The molecule has 5 rings (SSSR count). The number of nitrogens with zero attached hydrogens (tertiary/aromatic N) is 3. The SMILES string of the molecule is COC(=O)C1=C(C2CCC(c3nc(CC(C)(C)C(=O)O)co3)CC2)NC(c2nccs2)=NC1c1ccc(F)c(F)c1Cl. The summed E-state index contributed by atoms with van der Waals surface area (Å²) < 4.78 is 39.4. The van der Waals surface area contributed by atoms with Crippen molar-refractivity contribution in [2.24, 2.45) is 16.3 Å². The van der Waals surface area contributed by atoms with Gasteiger partial charge >= 0.3 is 11.9 Å². The molecule has 1 fully saturated rings. The second kappa shape index (κ2) is 11.9. The maximum atomic E-state index is 14.6. The molecule has 1 aliphatic heterocycles. The first kappa shape index (κ1) is 29.8. The largest absolute Gasteiger partial charge is 0.481 e.